The molecule has 0 spiro atoms. The Bertz CT molecular complexity index is 248. The van der Waals surface area contributed by atoms with Crippen molar-refractivity contribution in [1.29, 1.82) is 0 Å². The molecule has 0 radical (unpaired) electrons. The predicted molar refractivity (Wildman–Crippen MR) is 53.9 cm³/mol. The molecule has 1 heterocycles. The van der Waals surface area contributed by atoms with Crippen LogP contribution in [0.1, 0.15) is 30.2 Å². The lowest BCUT2D eigenvalue weighted by Crippen LogP contribution is -1.98. The van der Waals surface area contributed by atoms with E-state index >= 15 is 0 Å². The van der Waals surface area contributed by atoms with E-state index in [-0.39, 0.29) is 0 Å². The first kappa shape index (κ1) is 10.5. The molecule has 3 heteroatoms. The number of pyridine rings is 1. The molecule has 0 saturated heterocycles. The van der Waals surface area contributed by atoms with Gasteiger partial charge in [-0.25, -0.2) is 0 Å². The van der Waals surface area contributed by atoms with Crippen LogP contribution in [0.4, 0.5) is 0 Å². The Labute approximate surface area is 83.6 Å². The largest absolute Gasteiger partial charge is 0.388 e. The molecule has 1 N–H and O–H groups in total. The van der Waals surface area contributed by atoms with Crippen molar-refractivity contribution in [3.63, 3.8) is 0 Å². The fraction of sp³-hybridized carbons (Fsp3) is 0.500. The smallest absolute Gasteiger partial charge is 0.0805 e. The number of nitrogens with zero attached hydrogens (tertiary/aromatic N) is 1. The molecule has 2 nitrogen and oxygen atoms in total. The monoisotopic (exact) mass is 199 g/mol. The van der Waals surface area contributed by atoms with Crippen LogP contribution in [0.3, 0.4) is 0 Å². The van der Waals surface area contributed by atoms with Gasteiger partial charge in [0.15, 0.2) is 0 Å². The van der Waals surface area contributed by atoms with E-state index in [0.717, 1.165) is 17.7 Å². The summed E-state index contributed by atoms with van der Waals surface area (Å²) in [7, 11) is 0. The van der Waals surface area contributed by atoms with Crippen LogP contribution in [0, 0.1) is 6.92 Å². The fourth-order valence-electron chi connectivity index (χ4n) is 1.11. The third-order valence-corrected chi connectivity index (χ3v) is 2.20. The Morgan fingerprint density at radius 3 is 2.85 bits per heavy atom. The standard InChI is InChI=1S/C10H14ClNO/c1-8-4-5-9(7-12-8)10(13)3-2-6-11/h4-5,7,10,13H,2-3,6H2,1H3. The molecule has 0 aliphatic heterocycles. The zero-order chi connectivity index (χ0) is 9.68. The Morgan fingerprint density at radius 2 is 2.31 bits per heavy atom. The lowest BCUT2D eigenvalue weighted by molar-refractivity contribution is 0.166. The molecule has 1 atom stereocenters. The van der Waals surface area contributed by atoms with Crippen LogP contribution < -0.4 is 0 Å². The summed E-state index contributed by atoms with van der Waals surface area (Å²) in [5.74, 6) is 0.594. The molecule has 72 valence electrons. The average Bonchev–Trinajstić information content (AvgIpc) is 2.15. The Hall–Kier alpha value is -0.600. The van der Waals surface area contributed by atoms with Gasteiger partial charge in [0.2, 0.25) is 0 Å². The molecule has 0 aliphatic carbocycles. The van der Waals surface area contributed by atoms with Gasteiger partial charge in [-0.3, -0.25) is 4.98 Å². The summed E-state index contributed by atoms with van der Waals surface area (Å²) in [6, 6.07) is 3.81. The van der Waals surface area contributed by atoms with Crippen molar-refractivity contribution in [3.05, 3.63) is 29.6 Å². The van der Waals surface area contributed by atoms with Crippen LogP contribution in [0.15, 0.2) is 18.3 Å². The maximum absolute atomic E-state index is 9.64. The molecular formula is C10H14ClNO. The van der Waals surface area contributed by atoms with Crippen LogP contribution in [-0.2, 0) is 0 Å². The third kappa shape index (κ3) is 3.33. The number of aromatic nitrogens is 1. The normalized spacial score (nSPS) is 12.8. The molecule has 0 amide bonds. The van der Waals surface area contributed by atoms with Crippen molar-refractivity contribution in [2.75, 3.05) is 5.88 Å². The van der Waals surface area contributed by atoms with Gasteiger partial charge in [0.25, 0.3) is 0 Å². The van der Waals surface area contributed by atoms with Gasteiger partial charge in [0.1, 0.15) is 0 Å². The fourth-order valence-corrected chi connectivity index (χ4v) is 1.27. The molecule has 13 heavy (non-hydrogen) atoms. The van der Waals surface area contributed by atoms with Crippen molar-refractivity contribution in [2.45, 2.75) is 25.9 Å². The van der Waals surface area contributed by atoms with Gasteiger partial charge in [-0.05, 0) is 31.4 Å². The number of halogens is 1. The highest BCUT2D eigenvalue weighted by Crippen LogP contribution is 2.17. The summed E-state index contributed by atoms with van der Waals surface area (Å²) in [5, 5.41) is 9.64. The zero-order valence-corrected chi connectivity index (χ0v) is 8.46. The highest BCUT2D eigenvalue weighted by Gasteiger charge is 2.06. The number of aliphatic hydroxyl groups excluding tert-OH is 1. The van der Waals surface area contributed by atoms with E-state index in [1.54, 1.807) is 6.20 Å². The second kappa shape index (κ2) is 5.20. The lowest BCUT2D eigenvalue weighted by atomic mass is 10.1. The van der Waals surface area contributed by atoms with Gasteiger partial charge in [0.05, 0.1) is 6.10 Å². The van der Waals surface area contributed by atoms with Gasteiger partial charge in [-0.1, -0.05) is 6.07 Å². The molecular weight excluding hydrogens is 186 g/mol. The quantitative estimate of drug-likeness (QED) is 0.756. The maximum Gasteiger partial charge on any atom is 0.0805 e. The lowest BCUT2D eigenvalue weighted by Gasteiger charge is -2.09. The Kier molecular flexibility index (Phi) is 4.19. The minimum atomic E-state index is -0.424. The van der Waals surface area contributed by atoms with Gasteiger partial charge < -0.3 is 5.11 Å². The zero-order valence-electron chi connectivity index (χ0n) is 7.70. The first-order chi connectivity index (χ1) is 6.24. The summed E-state index contributed by atoms with van der Waals surface area (Å²) in [6.07, 6.45) is 2.82. The second-order valence-corrected chi connectivity index (χ2v) is 3.46. The predicted octanol–water partition coefficient (Wildman–Crippen LogP) is 2.44. The molecule has 0 fully saturated rings. The number of alkyl halides is 1. The first-order valence-electron chi connectivity index (χ1n) is 4.40. The van der Waals surface area contributed by atoms with Crippen molar-refractivity contribution < 1.29 is 5.11 Å². The number of rotatable bonds is 4. The summed E-state index contributed by atoms with van der Waals surface area (Å²) < 4.78 is 0. The maximum atomic E-state index is 9.64. The van der Waals surface area contributed by atoms with Gasteiger partial charge in [-0.15, -0.1) is 11.6 Å². The van der Waals surface area contributed by atoms with E-state index in [0.29, 0.717) is 12.3 Å². The molecule has 0 aromatic carbocycles. The molecule has 1 unspecified atom stereocenters. The van der Waals surface area contributed by atoms with Crippen molar-refractivity contribution in [2.24, 2.45) is 0 Å². The Morgan fingerprint density at radius 1 is 1.54 bits per heavy atom. The number of hydrogen-bond acceptors (Lipinski definition) is 2. The van der Waals surface area contributed by atoms with Crippen LogP contribution in [0.25, 0.3) is 0 Å². The Balaban J connectivity index is 2.55. The van der Waals surface area contributed by atoms with E-state index in [4.69, 9.17) is 11.6 Å². The highest BCUT2D eigenvalue weighted by molar-refractivity contribution is 6.17. The van der Waals surface area contributed by atoms with Gasteiger partial charge in [-0.2, -0.15) is 0 Å². The van der Waals surface area contributed by atoms with E-state index in [9.17, 15) is 5.11 Å². The van der Waals surface area contributed by atoms with Gasteiger partial charge >= 0.3 is 0 Å². The molecule has 1 aromatic rings. The van der Waals surface area contributed by atoms with E-state index in [1.807, 2.05) is 19.1 Å². The first-order valence-corrected chi connectivity index (χ1v) is 4.94. The van der Waals surface area contributed by atoms with Crippen LogP contribution in [0.5, 0.6) is 0 Å². The van der Waals surface area contributed by atoms with Crippen molar-refractivity contribution >= 4 is 11.6 Å². The summed E-state index contributed by atoms with van der Waals surface area (Å²) in [5.41, 5.74) is 1.84. The van der Waals surface area contributed by atoms with E-state index < -0.39 is 6.10 Å². The van der Waals surface area contributed by atoms with Crippen molar-refractivity contribution in [3.8, 4) is 0 Å². The highest BCUT2D eigenvalue weighted by atomic mass is 35.5. The van der Waals surface area contributed by atoms with E-state index in [2.05, 4.69) is 4.98 Å². The molecule has 0 saturated carbocycles. The van der Waals surface area contributed by atoms with Gasteiger partial charge in [0, 0.05) is 17.8 Å². The van der Waals surface area contributed by atoms with Crippen molar-refractivity contribution in [1.82, 2.24) is 4.98 Å². The summed E-state index contributed by atoms with van der Waals surface area (Å²) in [4.78, 5) is 4.12. The molecule has 1 aromatic heterocycles. The number of aliphatic hydroxyl groups is 1. The molecule has 0 bridgehead atoms. The summed E-state index contributed by atoms with van der Waals surface area (Å²) >= 11 is 5.53. The minimum Gasteiger partial charge on any atom is -0.388 e. The topological polar surface area (TPSA) is 33.1 Å². The van der Waals surface area contributed by atoms with E-state index in [1.165, 1.54) is 0 Å². The molecule has 0 aliphatic rings. The third-order valence-electron chi connectivity index (χ3n) is 1.93. The summed E-state index contributed by atoms with van der Waals surface area (Å²) in [6.45, 7) is 1.93. The number of aryl methyl sites for hydroxylation is 1. The van der Waals surface area contributed by atoms with Crippen LogP contribution >= 0.6 is 11.6 Å². The molecule has 1 rings (SSSR count). The van der Waals surface area contributed by atoms with Crippen LogP contribution in [0.2, 0.25) is 0 Å². The average molecular weight is 200 g/mol. The SMILES string of the molecule is Cc1ccc(C(O)CCCCl)cn1. The minimum absolute atomic E-state index is 0.424. The number of hydrogen-bond donors (Lipinski definition) is 1. The van der Waals surface area contributed by atoms with Crippen LogP contribution in [-0.4, -0.2) is 16.0 Å². The second-order valence-electron chi connectivity index (χ2n) is 3.08.